The fourth-order valence-corrected chi connectivity index (χ4v) is 2.28. The molecule has 0 aromatic carbocycles. The van der Waals surface area contributed by atoms with Crippen molar-refractivity contribution in [2.24, 2.45) is 13.0 Å². The van der Waals surface area contributed by atoms with Crippen molar-refractivity contribution < 1.29 is 4.57 Å². The van der Waals surface area contributed by atoms with E-state index in [4.69, 9.17) is 0 Å². The van der Waals surface area contributed by atoms with Crippen LogP contribution in [0.4, 0.5) is 0 Å². The van der Waals surface area contributed by atoms with Crippen molar-refractivity contribution in [2.45, 2.75) is 26.2 Å². The first-order valence-corrected chi connectivity index (χ1v) is 6.63. The first-order chi connectivity index (χ1) is 8.65. The van der Waals surface area contributed by atoms with Crippen LogP contribution in [0.1, 0.15) is 31.7 Å². The summed E-state index contributed by atoms with van der Waals surface area (Å²) in [4.78, 5) is 0. The number of pyridine rings is 1. The summed E-state index contributed by atoms with van der Waals surface area (Å²) in [5, 5.41) is 0. The molecule has 0 amide bonds. The monoisotopic (exact) mass is 240 g/mol. The van der Waals surface area contributed by atoms with Crippen molar-refractivity contribution in [3.63, 3.8) is 0 Å². The summed E-state index contributed by atoms with van der Waals surface area (Å²) in [5.74, 6) is 0.693. The van der Waals surface area contributed by atoms with Gasteiger partial charge in [-0.3, -0.25) is 0 Å². The molecule has 0 fully saturated rings. The van der Waals surface area contributed by atoms with E-state index in [0.29, 0.717) is 5.92 Å². The Labute approximate surface area is 110 Å². The zero-order chi connectivity index (χ0) is 13.0. The third kappa shape index (κ3) is 3.43. The molecule has 0 unspecified atom stereocenters. The predicted octanol–water partition coefficient (Wildman–Crippen LogP) is 3.83. The molecule has 0 spiro atoms. The summed E-state index contributed by atoms with van der Waals surface area (Å²) in [7, 11) is 2.04. The molecule has 1 heterocycles. The van der Waals surface area contributed by atoms with Gasteiger partial charge >= 0.3 is 0 Å². The molecule has 1 aliphatic rings. The van der Waals surface area contributed by atoms with Gasteiger partial charge in [0.25, 0.3) is 0 Å². The van der Waals surface area contributed by atoms with Gasteiger partial charge in [0.2, 0.25) is 0 Å². The fourth-order valence-electron chi connectivity index (χ4n) is 2.28. The SMILES string of the molecule is C=C(C)[C@@H]1CC=C(/C=C/c2cc[n+](C)cc2)CC1. The summed E-state index contributed by atoms with van der Waals surface area (Å²) < 4.78 is 2.05. The van der Waals surface area contributed by atoms with Crippen LogP contribution in [0, 0.1) is 5.92 Å². The Morgan fingerprint density at radius 2 is 2.06 bits per heavy atom. The highest BCUT2D eigenvalue weighted by Gasteiger charge is 2.13. The highest BCUT2D eigenvalue weighted by molar-refractivity contribution is 5.51. The molecule has 0 saturated heterocycles. The van der Waals surface area contributed by atoms with E-state index in [-0.39, 0.29) is 0 Å². The number of allylic oxidation sites excluding steroid dienone is 4. The fraction of sp³-hybridized carbons (Fsp3) is 0.353. The Balaban J connectivity index is 1.98. The largest absolute Gasteiger partial charge is 0.208 e. The van der Waals surface area contributed by atoms with Crippen LogP contribution in [0.15, 0.2) is 54.4 Å². The van der Waals surface area contributed by atoms with Crippen molar-refractivity contribution in [3.8, 4) is 0 Å². The lowest BCUT2D eigenvalue weighted by Crippen LogP contribution is -2.25. The zero-order valence-electron chi connectivity index (χ0n) is 11.4. The quantitative estimate of drug-likeness (QED) is 0.558. The molecule has 1 nitrogen and oxygen atoms in total. The predicted molar refractivity (Wildman–Crippen MR) is 76.9 cm³/mol. The van der Waals surface area contributed by atoms with E-state index in [1.165, 1.54) is 29.6 Å². The Bertz CT molecular complexity index is 477. The Hall–Kier alpha value is -1.63. The van der Waals surface area contributed by atoms with Gasteiger partial charge < -0.3 is 0 Å². The number of hydrogen-bond donors (Lipinski definition) is 0. The lowest BCUT2D eigenvalue weighted by Gasteiger charge is -2.20. The topological polar surface area (TPSA) is 3.88 Å². The average molecular weight is 240 g/mol. The smallest absolute Gasteiger partial charge is 0.169 e. The zero-order valence-corrected chi connectivity index (χ0v) is 11.4. The summed E-state index contributed by atoms with van der Waals surface area (Å²) in [6.07, 6.45) is 14.5. The van der Waals surface area contributed by atoms with Gasteiger partial charge in [0.05, 0.1) is 0 Å². The number of aryl methyl sites for hydroxylation is 1. The maximum absolute atomic E-state index is 4.06. The molecule has 1 aliphatic carbocycles. The molecule has 0 saturated carbocycles. The summed E-state index contributed by atoms with van der Waals surface area (Å²) in [5.41, 5.74) is 4.04. The number of aromatic nitrogens is 1. The van der Waals surface area contributed by atoms with Crippen molar-refractivity contribution in [1.82, 2.24) is 0 Å². The standard InChI is InChI=1S/C17H22N/c1-14(2)17-8-6-15(7-9-17)4-5-16-10-12-18(3)13-11-16/h4-6,10-13,17H,1,7-9H2,2-3H3/q+1/b5-4+/t17-/m1/s1. The van der Waals surface area contributed by atoms with E-state index >= 15 is 0 Å². The van der Waals surface area contributed by atoms with Gasteiger partial charge in [-0.15, -0.1) is 0 Å². The second-order valence-corrected chi connectivity index (χ2v) is 5.23. The maximum atomic E-state index is 4.06. The highest BCUT2D eigenvalue weighted by atomic mass is 14.9. The van der Waals surface area contributed by atoms with E-state index in [0.717, 1.165) is 6.42 Å². The molecule has 0 bridgehead atoms. The van der Waals surface area contributed by atoms with Crippen LogP contribution in [-0.4, -0.2) is 0 Å². The summed E-state index contributed by atoms with van der Waals surface area (Å²) >= 11 is 0. The number of hydrogen-bond acceptors (Lipinski definition) is 0. The molecular formula is C17H22N+. The van der Waals surface area contributed by atoms with Crippen LogP contribution in [0.5, 0.6) is 0 Å². The van der Waals surface area contributed by atoms with E-state index < -0.39 is 0 Å². The Morgan fingerprint density at radius 3 is 2.61 bits per heavy atom. The van der Waals surface area contributed by atoms with Crippen LogP contribution < -0.4 is 4.57 Å². The molecule has 0 radical (unpaired) electrons. The molecule has 2 rings (SSSR count). The molecule has 1 aromatic rings. The molecule has 18 heavy (non-hydrogen) atoms. The highest BCUT2D eigenvalue weighted by Crippen LogP contribution is 2.28. The van der Waals surface area contributed by atoms with Crippen LogP contribution in [0.25, 0.3) is 6.08 Å². The van der Waals surface area contributed by atoms with Crippen molar-refractivity contribution in [2.75, 3.05) is 0 Å². The van der Waals surface area contributed by atoms with Crippen molar-refractivity contribution in [3.05, 3.63) is 60.0 Å². The second kappa shape index (κ2) is 5.81. The lowest BCUT2D eigenvalue weighted by atomic mass is 9.85. The van der Waals surface area contributed by atoms with Gasteiger partial charge in [0.1, 0.15) is 7.05 Å². The van der Waals surface area contributed by atoms with Crippen LogP contribution in [0.2, 0.25) is 0 Å². The van der Waals surface area contributed by atoms with Crippen LogP contribution in [-0.2, 0) is 7.05 Å². The maximum Gasteiger partial charge on any atom is 0.169 e. The van der Waals surface area contributed by atoms with Gasteiger partial charge in [0, 0.05) is 12.1 Å². The Kier molecular flexibility index (Phi) is 4.14. The second-order valence-electron chi connectivity index (χ2n) is 5.23. The first kappa shape index (κ1) is 12.8. The minimum atomic E-state index is 0.693. The minimum Gasteiger partial charge on any atom is -0.208 e. The first-order valence-electron chi connectivity index (χ1n) is 6.63. The van der Waals surface area contributed by atoms with Gasteiger partial charge in [0.15, 0.2) is 12.4 Å². The molecule has 0 aliphatic heterocycles. The number of nitrogens with zero attached hydrogens (tertiary/aromatic N) is 1. The van der Waals surface area contributed by atoms with Crippen molar-refractivity contribution >= 4 is 6.08 Å². The summed E-state index contributed by atoms with van der Waals surface area (Å²) in [6, 6.07) is 4.27. The van der Waals surface area contributed by atoms with Gasteiger partial charge in [-0.25, -0.2) is 4.57 Å². The third-order valence-corrected chi connectivity index (χ3v) is 3.64. The molecule has 1 atom stereocenters. The van der Waals surface area contributed by atoms with Crippen molar-refractivity contribution in [1.29, 1.82) is 0 Å². The van der Waals surface area contributed by atoms with E-state index in [9.17, 15) is 0 Å². The minimum absolute atomic E-state index is 0.693. The summed E-state index contributed by atoms with van der Waals surface area (Å²) in [6.45, 7) is 6.20. The van der Waals surface area contributed by atoms with Gasteiger partial charge in [-0.1, -0.05) is 36.0 Å². The van der Waals surface area contributed by atoms with Crippen LogP contribution in [0.3, 0.4) is 0 Å². The van der Waals surface area contributed by atoms with E-state index in [2.05, 4.69) is 60.8 Å². The van der Waals surface area contributed by atoms with Crippen LogP contribution >= 0.6 is 0 Å². The lowest BCUT2D eigenvalue weighted by molar-refractivity contribution is -0.671. The van der Waals surface area contributed by atoms with E-state index in [1.807, 2.05) is 7.05 Å². The number of rotatable bonds is 3. The molecule has 1 heteroatoms. The van der Waals surface area contributed by atoms with E-state index in [1.54, 1.807) is 0 Å². The molecule has 0 N–H and O–H groups in total. The van der Waals surface area contributed by atoms with Gasteiger partial charge in [-0.2, -0.15) is 0 Å². The molecular weight excluding hydrogens is 218 g/mol. The molecule has 1 aromatic heterocycles. The van der Waals surface area contributed by atoms with Gasteiger partial charge in [-0.05, 0) is 37.7 Å². The average Bonchev–Trinajstić information content (AvgIpc) is 2.38. The molecule has 94 valence electrons. The normalized spacial score (nSPS) is 19.9. The third-order valence-electron chi connectivity index (χ3n) is 3.64. The Morgan fingerprint density at radius 1 is 1.33 bits per heavy atom.